The van der Waals surface area contributed by atoms with Gasteiger partial charge in [-0.2, -0.15) is 0 Å². The van der Waals surface area contributed by atoms with Gasteiger partial charge in [-0.15, -0.1) is 0 Å². The maximum Gasteiger partial charge on any atom is 0.317 e. The van der Waals surface area contributed by atoms with E-state index in [9.17, 15) is 4.79 Å². The Labute approximate surface area is 118 Å². The van der Waals surface area contributed by atoms with Crippen molar-refractivity contribution in [1.82, 2.24) is 15.2 Å². The highest BCUT2D eigenvalue weighted by Crippen LogP contribution is 2.17. The number of likely N-dealkylation sites (tertiary alicyclic amines) is 1. The Morgan fingerprint density at radius 3 is 2.70 bits per heavy atom. The first kappa shape index (κ1) is 13.2. The number of amides is 2. The zero-order chi connectivity index (χ0) is 13.8. The largest absolute Gasteiger partial charge is 0.487 e. The molecule has 0 bridgehead atoms. The molecule has 6 heteroatoms. The summed E-state index contributed by atoms with van der Waals surface area (Å²) in [5.41, 5.74) is 0. The summed E-state index contributed by atoms with van der Waals surface area (Å²) in [6.45, 7) is 2.74. The van der Waals surface area contributed by atoms with E-state index in [0.717, 1.165) is 31.8 Å². The van der Waals surface area contributed by atoms with Crippen molar-refractivity contribution in [3.63, 3.8) is 0 Å². The maximum atomic E-state index is 12.0. The standard InChI is InChI=1S/C14H19N3O3/c18-14(16-11-3-7-19-8-4-11)17-9-13(10-17)20-12-1-5-15-6-2-12/h1-2,5-6,11,13H,3-4,7-10H2,(H,16,18). The Morgan fingerprint density at radius 1 is 1.30 bits per heavy atom. The van der Waals surface area contributed by atoms with E-state index in [-0.39, 0.29) is 18.2 Å². The van der Waals surface area contributed by atoms with Crippen molar-refractivity contribution in [3.8, 4) is 5.75 Å². The van der Waals surface area contributed by atoms with Gasteiger partial charge in [0.1, 0.15) is 11.9 Å². The van der Waals surface area contributed by atoms with Crippen molar-refractivity contribution in [2.24, 2.45) is 0 Å². The molecule has 0 radical (unpaired) electrons. The minimum absolute atomic E-state index is 0.00600. The van der Waals surface area contributed by atoms with Gasteiger partial charge >= 0.3 is 6.03 Å². The SMILES string of the molecule is O=C(NC1CCOCC1)N1CC(Oc2ccncc2)C1. The van der Waals surface area contributed by atoms with Crippen molar-refractivity contribution >= 4 is 6.03 Å². The van der Waals surface area contributed by atoms with Gasteiger partial charge in [-0.1, -0.05) is 0 Å². The molecule has 6 nitrogen and oxygen atoms in total. The van der Waals surface area contributed by atoms with E-state index in [2.05, 4.69) is 10.3 Å². The summed E-state index contributed by atoms with van der Waals surface area (Å²) in [4.78, 5) is 17.7. The van der Waals surface area contributed by atoms with Crippen LogP contribution >= 0.6 is 0 Å². The van der Waals surface area contributed by atoms with E-state index >= 15 is 0 Å². The number of pyridine rings is 1. The van der Waals surface area contributed by atoms with Gasteiger partial charge in [-0.25, -0.2) is 4.79 Å². The number of aromatic nitrogens is 1. The number of carbonyl (C=O) groups is 1. The first-order valence-electron chi connectivity index (χ1n) is 7.01. The molecule has 0 saturated carbocycles. The van der Waals surface area contributed by atoms with Crippen LogP contribution in [0.2, 0.25) is 0 Å². The number of nitrogens with zero attached hydrogens (tertiary/aromatic N) is 2. The molecule has 0 unspecified atom stereocenters. The Hall–Kier alpha value is -1.82. The second kappa shape index (κ2) is 6.09. The number of ether oxygens (including phenoxy) is 2. The zero-order valence-electron chi connectivity index (χ0n) is 11.3. The Morgan fingerprint density at radius 2 is 2.00 bits per heavy atom. The Balaban J connectivity index is 1.40. The van der Waals surface area contributed by atoms with Crippen LogP contribution in [0, 0.1) is 0 Å². The van der Waals surface area contributed by atoms with Gasteiger partial charge in [0.05, 0.1) is 13.1 Å². The predicted octanol–water partition coefficient (Wildman–Crippen LogP) is 1.03. The Bertz CT molecular complexity index is 442. The number of nitrogens with one attached hydrogen (secondary N) is 1. The average Bonchev–Trinajstić information content (AvgIpc) is 2.44. The molecule has 3 rings (SSSR count). The highest BCUT2D eigenvalue weighted by atomic mass is 16.5. The lowest BCUT2D eigenvalue weighted by molar-refractivity contribution is 0.0384. The first-order chi connectivity index (χ1) is 9.81. The summed E-state index contributed by atoms with van der Waals surface area (Å²) < 4.78 is 11.0. The normalized spacial score (nSPS) is 20.3. The van der Waals surface area contributed by atoms with E-state index in [1.54, 1.807) is 17.3 Å². The van der Waals surface area contributed by atoms with Crippen LogP contribution in [-0.2, 0) is 4.74 Å². The molecule has 20 heavy (non-hydrogen) atoms. The predicted molar refractivity (Wildman–Crippen MR) is 72.6 cm³/mol. The van der Waals surface area contributed by atoms with Crippen molar-refractivity contribution in [1.29, 1.82) is 0 Å². The van der Waals surface area contributed by atoms with E-state index < -0.39 is 0 Å². The first-order valence-corrected chi connectivity index (χ1v) is 7.01. The van der Waals surface area contributed by atoms with Gasteiger partial charge in [-0.3, -0.25) is 4.98 Å². The molecule has 2 aliphatic rings. The zero-order valence-corrected chi connectivity index (χ0v) is 11.3. The Kier molecular flexibility index (Phi) is 4.01. The molecule has 0 aliphatic carbocycles. The smallest absolute Gasteiger partial charge is 0.317 e. The van der Waals surface area contributed by atoms with Gasteiger partial charge in [0.2, 0.25) is 0 Å². The van der Waals surface area contributed by atoms with Crippen LogP contribution in [0.25, 0.3) is 0 Å². The average molecular weight is 277 g/mol. The van der Waals surface area contributed by atoms with E-state index in [1.807, 2.05) is 12.1 Å². The quantitative estimate of drug-likeness (QED) is 0.896. The molecule has 0 aromatic carbocycles. The summed E-state index contributed by atoms with van der Waals surface area (Å²) in [6, 6.07) is 3.90. The van der Waals surface area contributed by atoms with Gasteiger partial charge in [-0.05, 0) is 25.0 Å². The molecule has 108 valence electrons. The van der Waals surface area contributed by atoms with Crippen molar-refractivity contribution in [2.45, 2.75) is 25.0 Å². The van der Waals surface area contributed by atoms with Gasteiger partial charge < -0.3 is 19.7 Å². The molecule has 3 heterocycles. The number of urea groups is 1. The van der Waals surface area contributed by atoms with Gasteiger partial charge in [0.15, 0.2) is 0 Å². The lowest BCUT2D eigenvalue weighted by atomic mass is 10.1. The molecule has 0 atom stereocenters. The monoisotopic (exact) mass is 277 g/mol. The number of hydrogen-bond acceptors (Lipinski definition) is 4. The third-order valence-electron chi connectivity index (χ3n) is 3.64. The lowest BCUT2D eigenvalue weighted by Gasteiger charge is -2.39. The maximum absolute atomic E-state index is 12.0. The fraction of sp³-hybridized carbons (Fsp3) is 0.571. The molecular formula is C14H19N3O3. The van der Waals surface area contributed by atoms with Crippen molar-refractivity contribution < 1.29 is 14.3 Å². The number of carbonyl (C=O) groups excluding carboxylic acids is 1. The third kappa shape index (κ3) is 3.19. The second-order valence-corrected chi connectivity index (χ2v) is 5.16. The van der Waals surface area contributed by atoms with Crippen molar-refractivity contribution in [2.75, 3.05) is 26.3 Å². The van der Waals surface area contributed by atoms with Crippen molar-refractivity contribution in [3.05, 3.63) is 24.5 Å². The highest BCUT2D eigenvalue weighted by molar-refractivity contribution is 5.75. The molecule has 2 amide bonds. The van der Waals surface area contributed by atoms with Crippen LogP contribution in [0.1, 0.15) is 12.8 Å². The summed E-state index contributed by atoms with van der Waals surface area (Å²) in [7, 11) is 0. The number of rotatable bonds is 3. The summed E-state index contributed by atoms with van der Waals surface area (Å²) in [5.74, 6) is 0.800. The van der Waals surface area contributed by atoms with Crippen LogP contribution < -0.4 is 10.1 Å². The van der Waals surface area contributed by atoms with Crippen LogP contribution in [0.15, 0.2) is 24.5 Å². The molecule has 1 aromatic rings. The minimum atomic E-state index is 0.00600. The molecule has 0 spiro atoms. The fourth-order valence-corrected chi connectivity index (χ4v) is 2.40. The van der Waals surface area contributed by atoms with E-state index in [4.69, 9.17) is 9.47 Å². The summed E-state index contributed by atoms with van der Waals surface area (Å²) >= 11 is 0. The topological polar surface area (TPSA) is 63.7 Å². The molecule has 1 N–H and O–H groups in total. The highest BCUT2D eigenvalue weighted by Gasteiger charge is 2.33. The molecular weight excluding hydrogens is 258 g/mol. The van der Waals surface area contributed by atoms with Gasteiger partial charge in [0, 0.05) is 31.6 Å². The van der Waals surface area contributed by atoms with Crippen LogP contribution in [0.4, 0.5) is 4.79 Å². The van der Waals surface area contributed by atoms with E-state index in [0.29, 0.717) is 13.1 Å². The third-order valence-corrected chi connectivity index (χ3v) is 3.64. The van der Waals surface area contributed by atoms with Crippen LogP contribution in [-0.4, -0.2) is 54.4 Å². The number of hydrogen-bond donors (Lipinski definition) is 1. The lowest BCUT2D eigenvalue weighted by Crippen LogP contribution is -2.60. The van der Waals surface area contributed by atoms with Gasteiger partial charge in [0.25, 0.3) is 0 Å². The molecule has 2 saturated heterocycles. The fourth-order valence-electron chi connectivity index (χ4n) is 2.40. The summed E-state index contributed by atoms with van der Waals surface area (Å²) in [6.07, 6.45) is 5.28. The molecule has 2 aliphatic heterocycles. The van der Waals surface area contributed by atoms with Crippen LogP contribution in [0.3, 0.4) is 0 Å². The summed E-state index contributed by atoms with van der Waals surface area (Å²) in [5, 5.41) is 3.05. The van der Waals surface area contributed by atoms with Crippen LogP contribution in [0.5, 0.6) is 5.75 Å². The minimum Gasteiger partial charge on any atom is -0.487 e. The second-order valence-electron chi connectivity index (χ2n) is 5.16. The van der Waals surface area contributed by atoms with E-state index in [1.165, 1.54) is 0 Å². The molecule has 2 fully saturated rings. The molecule has 1 aromatic heterocycles.